The number of aryl methyl sites for hydroxylation is 2. The van der Waals surface area contributed by atoms with Crippen molar-refractivity contribution in [2.45, 2.75) is 25.7 Å². The van der Waals surface area contributed by atoms with Crippen molar-refractivity contribution in [3.05, 3.63) is 44.6 Å². The molecule has 1 amide bonds. The molecule has 0 aliphatic heterocycles. The molecule has 0 unspecified atom stereocenters. The minimum absolute atomic E-state index is 0.0209. The van der Waals surface area contributed by atoms with Crippen molar-refractivity contribution >= 4 is 38.3 Å². The highest BCUT2D eigenvalue weighted by molar-refractivity contribution is 9.10. The molecule has 20 heavy (non-hydrogen) atoms. The van der Waals surface area contributed by atoms with Gasteiger partial charge in [-0.25, -0.2) is 9.37 Å². The van der Waals surface area contributed by atoms with Gasteiger partial charge < -0.3 is 0 Å². The third-order valence-corrected chi connectivity index (χ3v) is 4.81. The Morgan fingerprint density at radius 3 is 2.95 bits per heavy atom. The zero-order valence-electron chi connectivity index (χ0n) is 10.6. The molecule has 2 aromatic rings. The van der Waals surface area contributed by atoms with Gasteiger partial charge in [-0.05, 0) is 43.9 Å². The van der Waals surface area contributed by atoms with Gasteiger partial charge in [-0.15, -0.1) is 11.3 Å². The number of rotatable bonds is 2. The van der Waals surface area contributed by atoms with Crippen molar-refractivity contribution in [1.82, 2.24) is 4.98 Å². The normalized spacial score (nSPS) is 13.9. The van der Waals surface area contributed by atoms with E-state index in [0.29, 0.717) is 9.60 Å². The van der Waals surface area contributed by atoms with Gasteiger partial charge in [0.1, 0.15) is 5.82 Å². The monoisotopic (exact) mass is 354 g/mol. The van der Waals surface area contributed by atoms with Gasteiger partial charge >= 0.3 is 0 Å². The Kier molecular flexibility index (Phi) is 3.85. The predicted octanol–water partition coefficient (Wildman–Crippen LogP) is 4.18. The maximum Gasteiger partial charge on any atom is 0.260 e. The number of hydrogen-bond acceptors (Lipinski definition) is 3. The summed E-state index contributed by atoms with van der Waals surface area (Å²) in [6.07, 6.45) is 4.30. The second kappa shape index (κ2) is 5.61. The van der Waals surface area contributed by atoms with Crippen LogP contribution in [-0.2, 0) is 12.8 Å². The van der Waals surface area contributed by atoms with Crippen LogP contribution < -0.4 is 5.32 Å². The Hall–Kier alpha value is -1.27. The number of carbonyl (C=O) groups is 1. The fourth-order valence-corrected chi connectivity index (χ4v) is 3.65. The lowest BCUT2D eigenvalue weighted by Crippen LogP contribution is -2.13. The summed E-state index contributed by atoms with van der Waals surface area (Å²) in [6.45, 7) is 0. The molecule has 1 heterocycles. The van der Waals surface area contributed by atoms with Crippen LogP contribution >= 0.6 is 27.3 Å². The average molecular weight is 355 g/mol. The molecule has 0 bridgehead atoms. The van der Waals surface area contributed by atoms with Crippen LogP contribution in [0, 0.1) is 5.82 Å². The van der Waals surface area contributed by atoms with Crippen LogP contribution in [0.4, 0.5) is 9.52 Å². The highest BCUT2D eigenvalue weighted by Gasteiger charge is 2.18. The van der Waals surface area contributed by atoms with Crippen molar-refractivity contribution < 1.29 is 9.18 Å². The van der Waals surface area contributed by atoms with Gasteiger partial charge in [-0.1, -0.05) is 15.9 Å². The van der Waals surface area contributed by atoms with E-state index in [1.165, 1.54) is 34.8 Å². The number of amides is 1. The fraction of sp³-hybridized carbons (Fsp3) is 0.286. The first-order valence-electron chi connectivity index (χ1n) is 6.38. The molecule has 0 saturated carbocycles. The molecule has 1 aliphatic rings. The van der Waals surface area contributed by atoms with E-state index in [0.717, 1.165) is 25.0 Å². The number of carbonyl (C=O) groups excluding carboxylic acids is 1. The number of halogens is 2. The molecule has 1 aromatic heterocycles. The van der Waals surface area contributed by atoms with E-state index in [2.05, 4.69) is 26.2 Å². The zero-order valence-corrected chi connectivity index (χ0v) is 13.0. The van der Waals surface area contributed by atoms with E-state index in [9.17, 15) is 9.18 Å². The largest absolute Gasteiger partial charge is 0.298 e. The Balaban J connectivity index is 1.82. The van der Waals surface area contributed by atoms with Gasteiger partial charge in [-0.2, -0.15) is 0 Å². The standard InChI is InChI=1S/C14H12BrFN2OS/c15-8-5-6-10(16)9(7-8)13(19)18-14-17-11-3-1-2-4-12(11)20-14/h5-7H,1-4H2,(H,17,18,19). The van der Waals surface area contributed by atoms with Crippen LogP contribution in [-0.4, -0.2) is 10.9 Å². The summed E-state index contributed by atoms with van der Waals surface area (Å²) in [6, 6.07) is 4.30. The lowest BCUT2D eigenvalue weighted by atomic mass is 10.0. The number of nitrogens with one attached hydrogen (secondary N) is 1. The highest BCUT2D eigenvalue weighted by atomic mass is 79.9. The number of nitrogens with zero attached hydrogens (tertiary/aromatic N) is 1. The summed E-state index contributed by atoms with van der Waals surface area (Å²) in [4.78, 5) is 17.8. The third-order valence-electron chi connectivity index (χ3n) is 3.24. The molecule has 0 fully saturated rings. The SMILES string of the molecule is O=C(Nc1nc2c(s1)CCCC2)c1cc(Br)ccc1F. The number of aromatic nitrogens is 1. The van der Waals surface area contributed by atoms with Crippen molar-refractivity contribution in [3.8, 4) is 0 Å². The van der Waals surface area contributed by atoms with Gasteiger partial charge in [0.25, 0.3) is 5.91 Å². The Bertz CT molecular complexity index is 648. The second-order valence-corrected chi connectivity index (χ2v) is 6.67. The Labute approximate surface area is 128 Å². The summed E-state index contributed by atoms with van der Waals surface area (Å²) in [5, 5.41) is 3.25. The molecule has 0 radical (unpaired) electrons. The minimum Gasteiger partial charge on any atom is -0.298 e. The van der Waals surface area contributed by atoms with Gasteiger partial charge in [0.2, 0.25) is 0 Å². The van der Waals surface area contributed by atoms with Crippen LogP contribution in [0.5, 0.6) is 0 Å². The Morgan fingerprint density at radius 2 is 2.15 bits per heavy atom. The highest BCUT2D eigenvalue weighted by Crippen LogP contribution is 2.30. The molecule has 3 nitrogen and oxygen atoms in total. The molecular weight excluding hydrogens is 343 g/mol. The van der Waals surface area contributed by atoms with E-state index >= 15 is 0 Å². The number of anilines is 1. The van der Waals surface area contributed by atoms with E-state index in [4.69, 9.17) is 0 Å². The van der Waals surface area contributed by atoms with Crippen LogP contribution in [0.25, 0.3) is 0 Å². The molecule has 0 saturated heterocycles. The summed E-state index contributed by atoms with van der Waals surface area (Å²) in [7, 11) is 0. The van der Waals surface area contributed by atoms with Crippen molar-refractivity contribution in [2.75, 3.05) is 5.32 Å². The molecular formula is C14H12BrFN2OS. The predicted molar refractivity (Wildman–Crippen MR) is 80.8 cm³/mol. The van der Waals surface area contributed by atoms with E-state index < -0.39 is 11.7 Å². The minimum atomic E-state index is -0.535. The topological polar surface area (TPSA) is 42.0 Å². The van der Waals surface area contributed by atoms with E-state index in [1.54, 1.807) is 6.07 Å². The Morgan fingerprint density at radius 1 is 1.35 bits per heavy atom. The van der Waals surface area contributed by atoms with Crippen LogP contribution in [0.1, 0.15) is 33.8 Å². The molecule has 3 rings (SSSR count). The number of hydrogen-bond donors (Lipinski definition) is 1. The molecule has 1 N–H and O–H groups in total. The first kappa shape index (κ1) is 13.7. The number of fused-ring (bicyclic) bond motifs is 1. The van der Waals surface area contributed by atoms with Gasteiger partial charge in [0.05, 0.1) is 11.3 Å². The summed E-state index contributed by atoms with van der Waals surface area (Å²) >= 11 is 4.73. The van der Waals surface area contributed by atoms with Crippen LogP contribution in [0.2, 0.25) is 0 Å². The molecule has 1 aliphatic carbocycles. The maximum atomic E-state index is 13.7. The zero-order chi connectivity index (χ0) is 14.1. The third kappa shape index (κ3) is 2.76. The quantitative estimate of drug-likeness (QED) is 0.878. The lowest BCUT2D eigenvalue weighted by Gasteiger charge is -2.06. The fourth-order valence-electron chi connectivity index (χ4n) is 2.24. The molecule has 104 valence electrons. The smallest absolute Gasteiger partial charge is 0.260 e. The molecule has 0 spiro atoms. The van der Waals surface area contributed by atoms with E-state index in [-0.39, 0.29) is 5.56 Å². The molecule has 0 atom stereocenters. The second-order valence-electron chi connectivity index (χ2n) is 4.67. The van der Waals surface area contributed by atoms with Crippen LogP contribution in [0.3, 0.4) is 0 Å². The first-order chi connectivity index (χ1) is 9.63. The summed E-state index contributed by atoms with van der Waals surface area (Å²) < 4.78 is 14.3. The number of benzene rings is 1. The van der Waals surface area contributed by atoms with Gasteiger partial charge in [-0.3, -0.25) is 10.1 Å². The van der Waals surface area contributed by atoms with Gasteiger partial charge in [0.15, 0.2) is 5.13 Å². The number of thiazole rings is 1. The summed E-state index contributed by atoms with van der Waals surface area (Å²) in [5.74, 6) is -0.998. The summed E-state index contributed by atoms with van der Waals surface area (Å²) in [5.41, 5.74) is 1.10. The maximum absolute atomic E-state index is 13.7. The first-order valence-corrected chi connectivity index (χ1v) is 7.99. The van der Waals surface area contributed by atoms with Crippen molar-refractivity contribution in [2.24, 2.45) is 0 Å². The molecule has 6 heteroatoms. The van der Waals surface area contributed by atoms with Crippen molar-refractivity contribution in [3.63, 3.8) is 0 Å². The lowest BCUT2D eigenvalue weighted by molar-refractivity contribution is 0.102. The average Bonchev–Trinajstić information content (AvgIpc) is 2.83. The van der Waals surface area contributed by atoms with Gasteiger partial charge in [0, 0.05) is 9.35 Å². The van der Waals surface area contributed by atoms with Crippen molar-refractivity contribution in [1.29, 1.82) is 0 Å². The molecule has 1 aromatic carbocycles. The van der Waals surface area contributed by atoms with Crippen LogP contribution in [0.15, 0.2) is 22.7 Å². The van der Waals surface area contributed by atoms with E-state index in [1.807, 2.05) is 0 Å².